The van der Waals surface area contributed by atoms with Crippen molar-refractivity contribution in [2.24, 2.45) is 0 Å². The molecule has 1 atom stereocenters. The topological polar surface area (TPSA) is 37.2 Å². The van der Waals surface area contributed by atoms with Crippen LogP contribution in [0.1, 0.15) is 32.4 Å². The fourth-order valence-corrected chi connectivity index (χ4v) is 1.60. The molecule has 0 aliphatic heterocycles. The van der Waals surface area contributed by atoms with Gasteiger partial charge in [-0.2, -0.15) is 0 Å². The molecule has 2 N–H and O–H groups in total. The zero-order valence-corrected chi connectivity index (χ0v) is 9.74. The molecule has 0 amide bonds. The second-order valence-electron chi connectivity index (χ2n) is 4.01. The molecule has 1 aromatic heterocycles. The standard InChI is InChI=1S/C12H22N2O/c1-3-8-14-9-4-5-12(14)10-13-7-6-11(2)15/h4-5,9,11,13,15H,3,6-8,10H2,1-2H3. The van der Waals surface area contributed by atoms with E-state index in [1.165, 1.54) is 5.69 Å². The molecule has 0 aliphatic carbocycles. The van der Waals surface area contributed by atoms with E-state index in [9.17, 15) is 0 Å². The highest BCUT2D eigenvalue weighted by Crippen LogP contribution is 2.03. The predicted molar refractivity (Wildman–Crippen MR) is 62.7 cm³/mol. The minimum Gasteiger partial charge on any atom is -0.393 e. The number of rotatable bonds is 7. The average molecular weight is 210 g/mol. The number of aromatic nitrogens is 1. The molecule has 3 heteroatoms. The lowest BCUT2D eigenvalue weighted by Crippen LogP contribution is -2.20. The van der Waals surface area contributed by atoms with Crippen LogP contribution in [0.4, 0.5) is 0 Å². The van der Waals surface area contributed by atoms with Crippen molar-refractivity contribution in [2.75, 3.05) is 6.54 Å². The molecule has 0 saturated carbocycles. The number of aryl methyl sites for hydroxylation is 1. The van der Waals surface area contributed by atoms with E-state index >= 15 is 0 Å². The van der Waals surface area contributed by atoms with Gasteiger partial charge in [-0.1, -0.05) is 6.92 Å². The zero-order chi connectivity index (χ0) is 11.1. The van der Waals surface area contributed by atoms with Crippen LogP contribution < -0.4 is 5.32 Å². The summed E-state index contributed by atoms with van der Waals surface area (Å²) in [5.41, 5.74) is 1.32. The van der Waals surface area contributed by atoms with Crippen molar-refractivity contribution in [3.8, 4) is 0 Å². The van der Waals surface area contributed by atoms with Crippen LogP contribution in [0.25, 0.3) is 0 Å². The van der Waals surface area contributed by atoms with Crippen LogP contribution in [-0.2, 0) is 13.1 Å². The number of hydrogen-bond donors (Lipinski definition) is 2. The minimum atomic E-state index is -0.208. The lowest BCUT2D eigenvalue weighted by atomic mass is 10.3. The van der Waals surface area contributed by atoms with Gasteiger partial charge in [0.05, 0.1) is 6.10 Å². The summed E-state index contributed by atoms with van der Waals surface area (Å²) in [4.78, 5) is 0. The van der Waals surface area contributed by atoms with Crippen molar-refractivity contribution in [3.63, 3.8) is 0 Å². The first-order valence-electron chi connectivity index (χ1n) is 5.76. The molecule has 0 saturated heterocycles. The number of aliphatic hydroxyl groups is 1. The Balaban J connectivity index is 2.27. The Morgan fingerprint density at radius 2 is 2.33 bits per heavy atom. The third kappa shape index (κ3) is 4.49. The molecule has 0 spiro atoms. The van der Waals surface area contributed by atoms with Crippen LogP contribution in [-0.4, -0.2) is 22.3 Å². The largest absolute Gasteiger partial charge is 0.393 e. The number of nitrogens with one attached hydrogen (secondary N) is 1. The fraction of sp³-hybridized carbons (Fsp3) is 0.667. The number of nitrogens with zero attached hydrogens (tertiary/aromatic N) is 1. The van der Waals surface area contributed by atoms with Gasteiger partial charge in [-0.25, -0.2) is 0 Å². The van der Waals surface area contributed by atoms with Gasteiger partial charge in [-0.05, 0) is 38.4 Å². The highest BCUT2D eigenvalue weighted by molar-refractivity contribution is 5.06. The quantitative estimate of drug-likeness (QED) is 0.673. The lowest BCUT2D eigenvalue weighted by Gasteiger charge is -2.09. The van der Waals surface area contributed by atoms with Gasteiger partial charge < -0.3 is 15.0 Å². The molecule has 3 nitrogen and oxygen atoms in total. The smallest absolute Gasteiger partial charge is 0.0524 e. The molecule has 86 valence electrons. The van der Waals surface area contributed by atoms with Crippen molar-refractivity contribution in [3.05, 3.63) is 24.0 Å². The molecule has 0 radical (unpaired) electrons. The Hall–Kier alpha value is -0.800. The molecular formula is C12H22N2O. The molecule has 0 aliphatic rings. The second kappa shape index (κ2) is 6.64. The van der Waals surface area contributed by atoms with Gasteiger partial charge in [0.25, 0.3) is 0 Å². The SMILES string of the molecule is CCCn1cccc1CNCCC(C)O. The van der Waals surface area contributed by atoms with Crippen LogP contribution >= 0.6 is 0 Å². The second-order valence-corrected chi connectivity index (χ2v) is 4.01. The van der Waals surface area contributed by atoms with Crippen LogP contribution in [0.5, 0.6) is 0 Å². The maximum atomic E-state index is 9.10. The summed E-state index contributed by atoms with van der Waals surface area (Å²) >= 11 is 0. The van der Waals surface area contributed by atoms with Gasteiger partial charge in [-0.3, -0.25) is 0 Å². The summed E-state index contributed by atoms with van der Waals surface area (Å²) in [5.74, 6) is 0. The van der Waals surface area contributed by atoms with Crippen LogP contribution in [0.2, 0.25) is 0 Å². The van der Waals surface area contributed by atoms with Gasteiger partial charge >= 0.3 is 0 Å². The Kier molecular flexibility index (Phi) is 5.43. The maximum absolute atomic E-state index is 9.10. The molecule has 1 aromatic rings. The van der Waals surface area contributed by atoms with E-state index < -0.39 is 0 Å². The number of aliphatic hydroxyl groups excluding tert-OH is 1. The van der Waals surface area contributed by atoms with Gasteiger partial charge in [-0.15, -0.1) is 0 Å². The number of hydrogen-bond acceptors (Lipinski definition) is 2. The van der Waals surface area contributed by atoms with Crippen molar-refractivity contribution in [1.82, 2.24) is 9.88 Å². The van der Waals surface area contributed by atoms with Crippen molar-refractivity contribution < 1.29 is 5.11 Å². The van der Waals surface area contributed by atoms with Gasteiger partial charge in [0.2, 0.25) is 0 Å². The summed E-state index contributed by atoms with van der Waals surface area (Å²) < 4.78 is 2.27. The first-order chi connectivity index (χ1) is 7.24. The third-order valence-electron chi connectivity index (χ3n) is 2.43. The summed E-state index contributed by atoms with van der Waals surface area (Å²) in [6, 6.07) is 4.23. The maximum Gasteiger partial charge on any atom is 0.0524 e. The van der Waals surface area contributed by atoms with E-state index in [2.05, 4.69) is 35.1 Å². The molecule has 1 heterocycles. The summed E-state index contributed by atoms with van der Waals surface area (Å²) in [6.07, 6.45) is 3.89. The molecular weight excluding hydrogens is 188 g/mol. The minimum absolute atomic E-state index is 0.208. The van der Waals surface area contributed by atoms with Gasteiger partial charge in [0, 0.05) is 25.0 Å². The Morgan fingerprint density at radius 3 is 3.00 bits per heavy atom. The van der Waals surface area contributed by atoms with Crippen LogP contribution in [0, 0.1) is 0 Å². The molecule has 1 unspecified atom stereocenters. The molecule has 0 bridgehead atoms. The fourth-order valence-electron chi connectivity index (χ4n) is 1.60. The Labute approximate surface area is 92.1 Å². The molecule has 0 fully saturated rings. The molecule has 0 aromatic carbocycles. The highest BCUT2D eigenvalue weighted by atomic mass is 16.3. The van der Waals surface area contributed by atoms with E-state index in [0.717, 1.165) is 32.5 Å². The van der Waals surface area contributed by atoms with Crippen LogP contribution in [0.3, 0.4) is 0 Å². The van der Waals surface area contributed by atoms with Crippen molar-refractivity contribution in [2.45, 2.75) is 45.9 Å². The van der Waals surface area contributed by atoms with E-state index in [-0.39, 0.29) is 6.10 Å². The monoisotopic (exact) mass is 210 g/mol. The van der Waals surface area contributed by atoms with E-state index in [1.807, 2.05) is 6.92 Å². The van der Waals surface area contributed by atoms with E-state index in [0.29, 0.717) is 0 Å². The van der Waals surface area contributed by atoms with E-state index in [4.69, 9.17) is 5.11 Å². The third-order valence-corrected chi connectivity index (χ3v) is 2.43. The highest BCUT2D eigenvalue weighted by Gasteiger charge is 2.00. The molecule has 1 rings (SSSR count). The lowest BCUT2D eigenvalue weighted by molar-refractivity contribution is 0.183. The normalized spacial score (nSPS) is 13.0. The van der Waals surface area contributed by atoms with Crippen molar-refractivity contribution in [1.29, 1.82) is 0 Å². The zero-order valence-electron chi connectivity index (χ0n) is 9.74. The van der Waals surface area contributed by atoms with E-state index in [1.54, 1.807) is 0 Å². The van der Waals surface area contributed by atoms with Gasteiger partial charge in [0.15, 0.2) is 0 Å². The average Bonchev–Trinajstić information content (AvgIpc) is 2.61. The van der Waals surface area contributed by atoms with Crippen LogP contribution in [0.15, 0.2) is 18.3 Å². The van der Waals surface area contributed by atoms with Gasteiger partial charge in [0.1, 0.15) is 0 Å². The Morgan fingerprint density at radius 1 is 1.53 bits per heavy atom. The predicted octanol–water partition coefficient (Wildman–Crippen LogP) is 1.76. The molecule has 15 heavy (non-hydrogen) atoms. The first-order valence-corrected chi connectivity index (χ1v) is 5.76. The Bertz CT molecular complexity index is 268. The van der Waals surface area contributed by atoms with Crippen molar-refractivity contribution >= 4 is 0 Å². The summed E-state index contributed by atoms with van der Waals surface area (Å²) in [5, 5.41) is 12.4. The first kappa shape index (κ1) is 12.3. The summed E-state index contributed by atoms with van der Waals surface area (Å²) in [6.45, 7) is 6.85. The summed E-state index contributed by atoms with van der Waals surface area (Å²) in [7, 11) is 0.